The van der Waals surface area contributed by atoms with Gasteiger partial charge in [-0.25, -0.2) is 20.6 Å². The maximum Gasteiger partial charge on any atom is 0.343 e. The van der Waals surface area contributed by atoms with Crippen LogP contribution in [-0.4, -0.2) is 89.6 Å². The van der Waals surface area contributed by atoms with Crippen molar-refractivity contribution in [2.24, 2.45) is 5.84 Å². The number of fused-ring (bicyclic) bond motifs is 2. The van der Waals surface area contributed by atoms with E-state index >= 15 is 0 Å². The first kappa shape index (κ1) is 43.7. The first-order valence-electron chi connectivity index (χ1n) is 20.5. The van der Waals surface area contributed by atoms with Crippen molar-refractivity contribution >= 4 is 58.2 Å². The van der Waals surface area contributed by atoms with Gasteiger partial charge in [0.05, 0.1) is 32.2 Å². The molecule has 17 nitrogen and oxygen atoms in total. The van der Waals surface area contributed by atoms with Gasteiger partial charge in [-0.15, -0.1) is 0 Å². The van der Waals surface area contributed by atoms with Crippen LogP contribution in [0, 0.1) is 0 Å². The quantitative estimate of drug-likeness (QED) is 0.0309. The maximum absolute atomic E-state index is 12.4. The molecule has 4 aromatic carbocycles. The summed E-state index contributed by atoms with van der Waals surface area (Å²) in [6.07, 6.45) is 4.87. The van der Waals surface area contributed by atoms with Gasteiger partial charge in [0, 0.05) is 49.9 Å². The van der Waals surface area contributed by atoms with Gasteiger partial charge in [-0.05, 0) is 105 Å². The van der Waals surface area contributed by atoms with E-state index in [0.717, 1.165) is 67.5 Å². The molecule has 2 aliphatic heterocycles. The molecule has 2 aromatic heterocycles. The van der Waals surface area contributed by atoms with E-state index in [1.165, 1.54) is 34.6 Å². The van der Waals surface area contributed by atoms with E-state index in [1.807, 2.05) is 60.7 Å². The number of aromatic nitrogens is 4. The molecule has 0 saturated heterocycles. The predicted octanol–water partition coefficient (Wildman–Crippen LogP) is 6.70. The number of hydrogen-bond acceptors (Lipinski definition) is 16. The Morgan fingerprint density at radius 2 is 1.11 bits per heavy atom. The summed E-state index contributed by atoms with van der Waals surface area (Å²) < 4.78 is 16.4. The molecule has 2 aliphatic rings. The fraction of sp³-hybridized carbons (Fsp3) is 0.261. The number of methoxy groups -OCH3 is 2. The van der Waals surface area contributed by atoms with Crippen molar-refractivity contribution in [2.75, 3.05) is 69.3 Å². The molecular weight excluding hydrogens is 801 g/mol. The zero-order valence-electron chi connectivity index (χ0n) is 36.0. The second kappa shape index (κ2) is 20.5. The highest BCUT2D eigenvalue weighted by Crippen LogP contribution is 2.35. The number of nitrogens with one attached hydrogen (secondary N) is 5. The number of hydrazine groups is 1. The van der Waals surface area contributed by atoms with E-state index in [1.54, 1.807) is 21.1 Å². The number of benzene rings is 4. The normalized spacial score (nSPS) is 13.2. The Morgan fingerprint density at radius 3 is 1.56 bits per heavy atom. The number of carbonyl (C=O) groups excluding carboxylic acids is 2. The zero-order valence-corrected chi connectivity index (χ0v) is 36.0. The van der Waals surface area contributed by atoms with Gasteiger partial charge in [-0.2, -0.15) is 9.97 Å². The number of nitrogen functional groups attached to an aromatic ring is 1. The third-order valence-corrected chi connectivity index (χ3v) is 10.5. The Hall–Kier alpha value is -7.34. The number of rotatable bonds is 13. The van der Waals surface area contributed by atoms with Crippen LogP contribution in [0.1, 0.15) is 49.9 Å². The Morgan fingerprint density at radius 1 is 0.651 bits per heavy atom. The number of likely N-dealkylation sites (N-methyl/N-ethyl adjacent to an activating group) is 2. The van der Waals surface area contributed by atoms with Crippen molar-refractivity contribution in [3.05, 3.63) is 131 Å². The molecule has 17 heteroatoms. The topological polar surface area (TPSA) is 206 Å². The average Bonchev–Trinajstić information content (AvgIpc) is 3.29. The number of para-hydroxylation sites is 2. The van der Waals surface area contributed by atoms with Crippen molar-refractivity contribution in [2.45, 2.75) is 32.9 Å². The van der Waals surface area contributed by atoms with Gasteiger partial charge in [0.15, 0.2) is 5.82 Å². The third kappa shape index (κ3) is 10.9. The summed E-state index contributed by atoms with van der Waals surface area (Å²) >= 11 is 0. The Labute approximate surface area is 366 Å². The first-order chi connectivity index (χ1) is 30.6. The smallest absolute Gasteiger partial charge is 0.343 e. The lowest BCUT2D eigenvalue weighted by Crippen LogP contribution is -2.31. The standard InChI is InChI=1S/C24H27N5O3.C22H25N7O2/c1-4-32-23(30)19-14-25-24(28-22(19)26-18-8-6-5-7-9-18)27-20-12-17-15-29(2)11-10-16(17)13-21(20)31-3;1-29-9-8-14-11-19(31-2)18(10-15(14)13-29)26-22-24-12-17(21(30)28-23)20(27-22)25-16-6-4-3-5-7-16/h5-9,12-14H,4,10-11,15H2,1-3H3,(H2,25,26,27,28);3-7,10-12H,8-9,13,23H2,1-2H3,(H,28,30)(H2,24,25,26,27). The molecule has 0 unspecified atom stereocenters. The molecule has 8 rings (SSSR count). The minimum Gasteiger partial charge on any atom is -0.495 e. The van der Waals surface area contributed by atoms with Gasteiger partial charge < -0.3 is 45.3 Å². The Bertz CT molecular complexity index is 2540. The number of ether oxygens (including phenoxy) is 3. The summed E-state index contributed by atoms with van der Waals surface area (Å²) in [5.74, 6) is 7.17. The number of anilines is 8. The first-order valence-corrected chi connectivity index (χ1v) is 20.5. The van der Waals surface area contributed by atoms with Crippen molar-refractivity contribution < 1.29 is 23.8 Å². The lowest BCUT2D eigenvalue weighted by molar-refractivity contribution is 0.0526. The monoisotopic (exact) mass is 852 g/mol. The van der Waals surface area contributed by atoms with Crippen LogP contribution in [0.3, 0.4) is 0 Å². The number of carbonyl (C=O) groups is 2. The molecule has 0 fully saturated rings. The fourth-order valence-electron chi connectivity index (χ4n) is 7.22. The largest absolute Gasteiger partial charge is 0.495 e. The Balaban J connectivity index is 0.000000189. The van der Waals surface area contributed by atoms with E-state index in [2.05, 4.69) is 94.8 Å². The predicted molar refractivity (Wildman–Crippen MR) is 244 cm³/mol. The van der Waals surface area contributed by atoms with Gasteiger partial charge in [0.1, 0.15) is 28.4 Å². The molecule has 0 bridgehead atoms. The van der Waals surface area contributed by atoms with Gasteiger partial charge in [-0.3, -0.25) is 10.2 Å². The van der Waals surface area contributed by atoms with Gasteiger partial charge in [0.2, 0.25) is 11.9 Å². The highest BCUT2D eigenvalue weighted by atomic mass is 16.5. The highest BCUT2D eigenvalue weighted by molar-refractivity contribution is 5.99. The molecule has 6 aromatic rings. The van der Waals surface area contributed by atoms with E-state index < -0.39 is 11.9 Å². The summed E-state index contributed by atoms with van der Waals surface area (Å²) in [5, 5.41) is 12.8. The van der Waals surface area contributed by atoms with Crippen molar-refractivity contribution in [1.29, 1.82) is 0 Å². The molecule has 0 aliphatic carbocycles. The van der Waals surface area contributed by atoms with Crippen LogP contribution in [-0.2, 0) is 30.7 Å². The van der Waals surface area contributed by atoms with E-state index in [0.29, 0.717) is 29.3 Å². The maximum atomic E-state index is 12.4. The van der Waals surface area contributed by atoms with Crippen LogP contribution in [0.4, 0.5) is 46.3 Å². The summed E-state index contributed by atoms with van der Waals surface area (Å²) in [6, 6.07) is 27.2. The van der Waals surface area contributed by atoms with E-state index in [-0.39, 0.29) is 17.7 Å². The van der Waals surface area contributed by atoms with Gasteiger partial charge >= 0.3 is 5.97 Å². The van der Waals surface area contributed by atoms with Crippen LogP contribution >= 0.6 is 0 Å². The van der Waals surface area contributed by atoms with Gasteiger partial charge in [0.25, 0.3) is 5.91 Å². The van der Waals surface area contributed by atoms with Crippen LogP contribution < -0.4 is 42.0 Å². The summed E-state index contributed by atoms with van der Waals surface area (Å²) in [5.41, 5.74) is 10.8. The number of nitrogens with zero attached hydrogens (tertiary/aromatic N) is 6. The lowest BCUT2D eigenvalue weighted by Gasteiger charge is -2.26. The number of amides is 1. The molecular formula is C46H52N12O5. The molecule has 0 atom stereocenters. The number of nitrogens with two attached hydrogens (primary N) is 1. The average molecular weight is 853 g/mol. The van der Waals surface area contributed by atoms with Crippen molar-refractivity contribution in [3.63, 3.8) is 0 Å². The highest BCUT2D eigenvalue weighted by Gasteiger charge is 2.22. The van der Waals surface area contributed by atoms with Crippen molar-refractivity contribution in [1.82, 2.24) is 35.2 Å². The number of esters is 1. The van der Waals surface area contributed by atoms with Crippen LogP contribution in [0.2, 0.25) is 0 Å². The lowest BCUT2D eigenvalue weighted by atomic mass is 9.99. The van der Waals surface area contributed by atoms with E-state index in [9.17, 15) is 9.59 Å². The van der Waals surface area contributed by atoms with Crippen LogP contribution in [0.25, 0.3) is 0 Å². The fourth-order valence-corrected chi connectivity index (χ4v) is 7.22. The van der Waals surface area contributed by atoms with Crippen LogP contribution in [0.15, 0.2) is 97.3 Å². The summed E-state index contributed by atoms with van der Waals surface area (Å²) in [6.45, 7) is 5.81. The third-order valence-electron chi connectivity index (χ3n) is 10.5. The minimum atomic E-state index is -0.487. The molecule has 0 spiro atoms. The molecule has 326 valence electrons. The second-order valence-corrected chi connectivity index (χ2v) is 15.0. The number of hydrogen-bond donors (Lipinski definition) is 6. The molecule has 7 N–H and O–H groups in total. The van der Waals surface area contributed by atoms with Crippen LogP contribution in [0.5, 0.6) is 11.5 Å². The van der Waals surface area contributed by atoms with Gasteiger partial charge in [-0.1, -0.05) is 36.4 Å². The second-order valence-electron chi connectivity index (χ2n) is 15.0. The molecule has 63 heavy (non-hydrogen) atoms. The Kier molecular flexibility index (Phi) is 14.2. The summed E-state index contributed by atoms with van der Waals surface area (Å²) in [4.78, 5) is 46.9. The minimum absolute atomic E-state index is 0.232. The molecule has 1 amide bonds. The SMILES string of the molecule is CCOC(=O)c1cnc(Nc2cc3c(cc2OC)CCN(C)C3)nc1Nc1ccccc1.COc1cc2c(cc1Nc1ncc(C(=O)NN)c(Nc3ccccc3)n1)CN(C)CC2. The zero-order chi connectivity index (χ0) is 44.3. The molecule has 4 heterocycles. The van der Waals surface area contributed by atoms with E-state index in [4.69, 9.17) is 20.1 Å². The molecule has 0 saturated carbocycles. The van der Waals surface area contributed by atoms with Crippen molar-refractivity contribution in [3.8, 4) is 11.5 Å². The molecule has 0 radical (unpaired) electrons. The summed E-state index contributed by atoms with van der Waals surface area (Å²) in [7, 11) is 7.50.